The van der Waals surface area contributed by atoms with Crippen molar-refractivity contribution in [2.75, 3.05) is 25.5 Å². The van der Waals surface area contributed by atoms with Gasteiger partial charge in [0.25, 0.3) is 0 Å². The third-order valence-corrected chi connectivity index (χ3v) is 7.64. The number of nitrogens with one attached hydrogen (secondary N) is 2. The number of carbonyl (C=O) groups is 1. The van der Waals surface area contributed by atoms with Crippen molar-refractivity contribution in [1.82, 2.24) is 19.8 Å². The molecule has 1 aromatic heterocycles. The number of methoxy groups -OCH3 is 1. The molecule has 2 amide bonds. The molecule has 1 aliphatic rings. The first-order valence-corrected chi connectivity index (χ1v) is 13.9. The number of rotatable bonds is 8. The van der Waals surface area contributed by atoms with E-state index < -0.39 is 11.7 Å². The van der Waals surface area contributed by atoms with Crippen molar-refractivity contribution in [3.05, 3.63) is 101 Å². The van der Waals surface area contributed by atoms with Crippen LogP contribution in [0.1, 0.15) is 35.4 Å². The number of likely N-dealkylation sites (tertiary alicyclic amines) is 1. The predicted molar refractivity (Wildman–Crippen MR) is 156 cm³/mol. The van der Waals surface area contributed by atoms with Gasteiger partial charge >= 0.3 is 12.2 Å². The number of nitrogens with zero attached hydrogens (tertiary/aromatic N) is 3. The normalized spacial score (nSPS) is 14.5. The second kappa shape index (κ2) is 12.7. The van der Waals surface area contributed by atoms with Crippen LogP contribution in [0.5, 0.6) is 5.75 Å². The van der Waals surface area contributed by atoms with E-state index in [1.807, 2.05) is 66.4 Å². The van der Waals surface area contributed by atoms with Gasteiger partial charge in [-0.15, -0.1) is 0 Å². The Labute approximate surface area is 243 Å². The van der Waals surface area contributed by atoms with Gasteiger partial charge in [0.15, 0.2) is 0 Å². The van der Waals surface area contributed by atoms with Gasteiger partial charge in [0.1, 0.15) is 11.6 Å². The minimum atomic E-state index is -4.37. The van der Waals surface area contributed by atoms with Gasteiger partial charge in [-0.25, -0.2) is 9.78 Å². The standard InChI is InChI=1S/C32H34F3N5O2/c1-22-29(38-30(36-22)24-8-10-25(11-9-24)32(33,34)35)21-39-18-16-27(17-19-39)40(20-23-6-4-3-5-7-23)31(41)37-26-12-14-28(42-2)15-13-26/h3-15,27H,16-21H2,1-2H3,(H,36,38)(H,37,41). The quantitative estimate of drug-likeness (QED) is 0.234. The minimum absolute atomic E-state index is 0.0580. The molecule has 0 spiro atoms. The summed E-state index contributed by atoms with van der Waals surface area (Å²) in [5.41, 5.74) is 3.44. The molecule has 3 aromatic carbocycles. The highest BCUT2D eigenvalue weighted by molar-refractivity contribution is 5.89. The molecular formula is C32H34F3N5O2. The van der Waals surface area contributed by atoms with E-state index in [1.165, 1.54) is 12.1 Å². The van der Waals surface area contributed by atoms with Crippen LogP contribution in [0, 0.1) is 6.92 Å². The topological polar surface area (TPSA) is 73.5 Å². The second-order valence-electron chi connectivity index (χ2n) is 10.5. The Bertz CT molecular complexity index is 1460. The van der Waals surface area contributed by atoms with Gasteiger partial charge in [-0.05, 0) is 61.7 Å². The molecule has 0 bridgehead atoms. The number of piperidine rings is 1. The van der Waals surface area contributed by atoms with Crippen molar-refractivity contribution in [3.63, 3.8) is 0 Å². The summed E-state index contributed by atoms with van der Waals surface area (Å²) < 4.78 is 44.1. The molecule has 5 rings (SSSR count). The van der Waals surface area contributed by atoms with Crippen LogP contribution >= 0.6 is 0 Å². The summed E-state index contributed by atoms with van der Waals surface area (Å²) in [5.74, 6) is 1.27. The van der Waals surface area contributed by atoms with Gasteiger partial charge in [-0.3, -0.25) is 4.90 Å². The van der Waals surface area contributed by atoms with E-state index in [1.54, 1.807) is 7.11 Å². The predicted octanol–water partition coefficient (Wildman–Crippen LogP) is 7.11. The van der Waals surface area contributed by atoms with Gasteiger partial charge in [0.2, 0.25) is 0 Å². The van der Waals surface area contributed by atoms with E-state index in [9.17, 15) is 18.0 Å². The average molecular weight is 578 g/mol. The zero-order valence-electron chi connectivity index (χ0n) is 23.6. The van der Waals surface area contributed by atoms with E-state index >= 15 is 0 Å². The Morgan fingerprint density at radius 2 is 1.69 bits per heavy atom. The average Bonchev–Trinajstić information content (AvgIpc) is 3.36. The van der Waals surface area contributed by atoms with Crippen LogP contribution in [0.25, 0.3) is 11.4 Å². The number of aromatic amines is 1. The van der Waals surface area contributed by atoms with Crippen LogP contribution in [0.15, 0.2) is 78.9 Å². The largest absolute Gasteiger partial charge is 0.497 e. The SMILES string of the molecule is COc1ccc(NC(=O)N(Cc2ccccc2)C2CCN(Cc3nc(-c4ccc(C(F)(F)F)cc4)[nH]c3C)CC2)cc1. The molecule has 42 heavy (non-hydrogen) atoms. The number of halogens is 3. The van der Waals surface area contributed by atoms with Crippen LogP contribution in [0.3, 0.4) is 0 Å². The number of H-pyrrole nitrogens is 1. The van der Waals surface area contributed by atoms with Crippen molar-refractivity contribution < 1.29 is 22.7 Å². The number of benzene rings is 3. The molecule has 10 heteroatoms. The maximum absolute atomic E-state index is 13.5. The minimum Gasteiger partial charge on any atom is -0.497 e. The molecule has 2 heterocycles. The summed E-state index contributed by atoms with van der Waals surface area (Å²) in [6.45, 7) is 4.62. The molecule has 2 N–H and O–H groups in total. The summed E-state index contributed by atoms with van der Waals surface area (Å²) in [6, 6.07) is 22.2. The first kappa shape index (κ1) is 29.2. The Kier molecular flexibility index (Phi) is 8.82. The molecule has 1 saturated heterocycles. The molecular weight excluding hydrogens is 543 g/mol. The Hall–Kier alpha value is -4.31. The monoisotopic (exact) mass is 577 g/mol. The van der Waals surface area contributed by atoms with E-state index in [0.717, 1.165) is 60.8 Å². The van der Waals surface area contributed by atoms with Crippen molar-refractivity contribution in [2.24, 2.45) is 0 Å². The number of imidazole rings is 1. The number of urea groups is 1. The van der Waals surface area contributed by atoms with Gasteiger partial charge in [-0.1, -0.05) is 42.5 Å². The van der Waals surface area contributed by atoms with Crippen LogP contribution in [-0.4, -0.2) is 52.0 Å². The fraction of sp³-hybridized carbons (Fsp3) is 0.312. The molecule has 220 valence electrons. The van der Waals surface area contributed by atoms with Crippen LogP contribution < -0.4 is 10.1 Å². The van der Waals surface area contributed by atoms with Crippen LogP contribution in [-0.2, 0) is 19.3 Å². The molecule has 0 aliphatic carbocycles. The van der Waals surface area contributed by atoms with Crippen molar-refractivity contribution in [3.8, 4) is 17.1 Å². The third kappa shape index (κ3) is 7.12. The molecule has 0 unspecified atom stereocenters. The summed E-state index contributed by atoms with van der Waals surface area (Å²) in [5, 5.41) is 3.04. The van der Waals surface area contributed by atoms with Crippen molar-refractivity contribution >= 4 is 11.7 Å². The Morgan fingerprint density at radius 3 is 2.31 bits per heavy atom. The lowest BCUT2D eigenvalue weighted by Crippen LogP contribution is -2.48. The zero-order chi connectivity index (χ0) is 29.7. The third-order valence-electron chi connectivity index (χ3n) is 7.64. The number of aromatic nitrogens is 2. The first-order chi connectivity index (χ1) is 20.2. The number of anilines is 1. The van der Waals surface area contributed by atoms with Gasteiger partial charge in [0, 0.05) is 49.2 Å². The summed E-state index contributed by atoms with van der Waals surface area (Å²) in [6.07, 6.45) is -2.77. The molecule has 7 nitrogen and oxygen atoms in total. The van der Waals surface area contributed by atoms with E-state index in [0.29, 0.717) is 30.2 Å². The maximum Gasteiger partial charge on any atom is 0.416 e. The highest BCUT2D eigenvalue weighted by Crippen LogP contribution is 2.31. The fourth-order valence-corrected chi connectivity index (χ4v) is 5.22. The van der Waals surface area contributed by atoms with Gasteiger partial charge in [0.05, 0.1) is 18.4 Å². The number of hydrogen-bond acceptors (Lipinski definition) is 4. The van der Waals surface area contributed by atoms with Crippen LogP contribution in [0.4, 0.5) is 23.7 Å². The van der Waals surface area contributed by atoms with E-state index in [2.05, 4.69) is 15.2 Å². The van der Waals surface area contributed by atoms with Crippen molar-refractivity contribution in [1.29, 1.82) is 0 Å². The number of amides is 2. The number of alkyl halides is 3. The lowest BCUT2D eigenvalue weighted by Gasteiger charge is -2.38. The number of hydrogen-bond donors (Lipinski definition) is 2. The smallest absolute Gasteiger partial charge is 0.416 e. The Balaban J connectivity index is 1.23. The lowest BCUT2D eigenvalue weighted by molar-refractivity contribution is -0.137. The summed E-state index contributed by atoms with van der Waals surface area (Å²) in [7, 11) is 1.60. The first-order valence-electron chi connectivity index (χ1n) is 13.9. The Morgan fingerprint density at radius 1 is 1.02 bits per heavy atom. The van der Waals surface area contributed by atoms with Gasteiger partial charge < -0.3 is 19.9 Å². The highest BCUT2D eigenvalue weighted by Gasteiger charge is 2.31. The molecule has 0 radical (unpaired) electrons. The number of ether oxygens (including phenoxy) is 1. The second-order valence-corrected chi connectivity index (χ2v) is 10.5. The number of carbonyl (C=O) groups excluding carboxylic acids is 1. The van der Waals surface area contributed by atoms with Crippen molar-refractivity contribution in [2.45, 2.75) is 45.1 Å². The molecule has 0 atom stereocenters. The van der Waals surface area contributed by atoms with E-state index in [4.69, 9.17) is 9.72 Å². The molecule has 1 fully saturated rings. The highest BCUT2D eigenvalue weighted by atomic mass is 19.4. The number of aryl methyl sites for hydroxylation is 1. The zero-order valence-corrected chi connectivity index (χ0v) is 23.6. The summed E-state index contributed by atoms with van der Waals surface area (Å²) in [4.78, 5) is 25.6. The molecule has 0 saturated carbocycles. The lowest BCUT2D eigenvalue weighted by atomic mass is 10.0. The summed E-state index contributed by atoms with van der Waals surface area (Å²) >= 11 is 0. The maximum atomic E-state index is 13.5. The van der Waals surface area contributed by atoms with Gasteiger partial charge in [-0.2, -0.15) is 13.2 Å². The fourth-order valence-electron chi connectivity index (χ4n) is 5.22. The van der Waals surface area contributed by atoms with E-state index in [-0.39, 0.29) is 12.1 Å². The molecule has 1 aliphatic heterocycles. The molecule has 4 aromatic rings. The van der Waals surface area contributed by atoms with Crippen LogP contribution in [0.2, 0.25) is 0 Å².